The lowest BCUT2D eigenvalue weighted by Gasteiger charge is -2.12. The van der Waals surface area contributed by atoms with Crippen LogP contribution in [0.4, 0.5) is 0 Å². The molecule has 0 aromatic rings. The Morgan fingerprint density at radius 1 is 1.33 bits per heavy atom. The zero-order chi connectivity index (χ0) is 12.0. The lowest BCUT2D eigenvalue weighted by Crippen LogP contribution is -2.42. The summed E-state index contributed by atoms with van der Waals surface area (Å²) in [6, 6.07) is -1.77. The van der Waals surface area contributed by atoms with E-state index in [0.29, 0.717) is 0 Å². The third kappa shape index (κ3) is 5.38. The highest BCUT2D eigenvalue weighted by molar-refractivity contribution is 7.81. The quantitative estimate of drug-likeness (QED) is 0.324. The maximum Gasteiger partial charge on any atom is 0.336 e. The van der Waals surface area contributed by atoms with Crippen LogP contribution in [-0.2, 0) is 19.1 Å². The van der Waals surface area contributed by atoms with Gasteiger partial charge in [0.05, 0.1) is 5.75 Å². The summed E-state index contributed by atoms with van der Waals surface area (Å²) >= 11 is 3.71. The Morgan fingerprint density at radius 3 is 2.27 bits per heavy atom. The first-order valence-corrected chi connectivity index (χ1v) is 4.93. The number of carbonyl (C=O) groups excluding carboxylic acids is 3. The Labute approximate surface area is 92.9 Å². The molecule has 0 aliphatic rings. The number of esters is 2. The van der Waals surface area contributed by atoms with Crippen LogP contribution < -0.4 is 11.1 Å². The summed E-state index contributed by atoms with van der Waals surface area (Å²) in [5.41, 5.74) is 5.19. The van der Waals surface area contributed by atoms with Crippen molar-refractivity contribution in [1.82, 2.24) is 5.32 Å². The fourth-order valence-corrected chi connectivity index (χ4v) is 0.718. The van der Waals surface area contributed by atoms with Crippen molar-refractivity contribution >= 4 is 30.5 Å². The van der Waals surface area contributed by atoms with E-state index in [-0.39, 0.29) is 5.75 Å². The summed E-state index contributed by atoms with van der Waals surface area (Å²) in [7, 11) is 0. The second kappa shape index (κ2) is 6.41. The van der Waals surface area contributed by atoms with E-state index in [2.05, 4.69) is 22.7 Å². The fourth-order valence-electron chi connectivity index (χ4n) is 0.627. The molecule has 0 spiro atoms. The van der Waals surface area contributed by atoms with Crippen molar-refractivity contribution in [2.45, 2.75) is 25.9 Å². The summed E-state index contributed by atoms with van der Waals surface area (Å²) in [4.78, 5) is 32.9. The van der Waals surface area contributed by atoms with Crippen LogP contribution >= 0.6 is 12.6 Å². The molecule has 0 heterocycles. The summed E-state index contributed by atoms with van der Waals surface area (Å²) in [5.74, 6) is -2.13. The lowest BCUT2D eigenvalue weighted by molar-refractivity contribution is -0.162. The average molecular weight is 234 g/mol. The van der Waals surface area contributed by atoms with Crippen molar-refractivity contribution in [3.63, 3.8) is 0 Å². The minimum atomic E-state index is -0.896. The van der Waals surface area contributed by atoms with Gasteiger partial charge >= 0.3 is 11.9 Å². The molecule has 0 aromatic heterocycles. The zero-order valence-corrected chi connectivity index (χ0v) is 9.41. The van der Waals surface area contributed by atoms with Crippen molar-refractivity contribution in [2.24, 2.45) is 5.73 Å². The molecule has 86 valence electrons. The maximum absolute atomic E-state index is 11.2. The third-order valence-electron chi connectivity index (χ3n) is 1.45. The van der Waals surface area contributed by atoms with Crippen molar-refractivity contribution < 1.29 is 19.1 Å². The van der Waals surface area contributed by atoms with Gasteiger partial charge in [-0.15, -0.1) is 0 Å². The number of amides is 1. The van der Waals surface area contributed by atoms with Crippen molar-refractivity contribution in [1.29, 1.82) is 0 Å². The van der Waals surface area contributed by atoms with Gasteiger partial charge in [0, 0.05) is 0 Å². The first-order chi connectivity index (χ1) is 6.88. The number of thiol groups is 1. The van der Waals surface area contributed by atoms with Crippen LogP contribution in [0.1, 0.15) is 13.8 Å². The Hall–Kier alpha value is -1.08. The fraction of sp³-hybridized carbons (Fsp3) is 0.625. The van der Waals surface area contributed by atoms with Gasteiger partial charge in [-0.25, -0.2) is 9.59 Å². The Morgan fingerprint density at radius 2 is 1.87 bits per heavy atom. The Kier molecular flexibility index (Phi) is 5.95. The molecule has 2 atom stereocenters. The number of rotatable bonds is 4. The van der Waals surface area contributed by atoms with E-state index < -0.39 is 29.9 Å². The molecular weight excluding hydrogens is 220 g/mol. The number of hydrogen-bond donors (Lipinski definition) is 3. The molecule has 15 heavy (non-hydrogen) atoms. The van der Waals surface area contributed by atoms with Gasteiger partial charge in [0.25, 0.3) is 0 Å². The zero-order valence-electron chi connectivity index (χ0n) is 8.52. The molecule has 0 saturated heterocycles. The topological polar surface area (TPSA) is 98.5 Å². The Balaban J connectivity index is 4.10. The number of nitrogens with two attached hydrogens (primary N) is 1. The summed E-state index contributed by atoms with van der Waals surface area (Å²) < 4.78 is 4.38. The van der Waals surface area contributed by atoms with Gasteiger partial charge in [-0.3, -0.25) is 4.79 Å². The van der Waals surface area contributed by atoms with Crippen molar-refractivity contribution in [3.05, 3.63) is 0 Å². The molecule has 7 heteroatoms. The molecule has 0 bridgehead atoms. The van der Waals surface area contributed by atoms with Gasteiger partial charge in [0.1, 0.15) is 12.1 Å². The van der Waals surface area contributed by atoms with Crippen LogP contribution in [0, 0.1) is 0 Å². The average Bonchev–Trinajstić information content (AvgIpc) is 2.16. The van der Waals surface area contributed by atoms with E-state index in [1.54, 1.807) is 0 Å². The monoisotopic (exact) mass is 234 g/mol. The molecule has 0 fully saturated rings. The molecule has 3 N–H and O–H groups in total. The number of hydrogen-bond acceptors (Lipinski definition) is 6. The van der Waals surface area contributed by atoms with Crippen LogP contribution in [0.25, 0.3) is 0 Å². The SMILES string of the molecule is C[C@H](N)C(=O)OC(=O)[C@H](C)NC(=O)CS. The highest BCUT2D eigenvalue weighted by Crippen LogP contribution is 1.92. The van der Waals surface area contributed by atoms with Gasteiger partial charge in [-0.1, -0.05) is 0 Å². The molecule has 0 aromatic carbocycles. The van der Waals surface area contributed by atoms with Gasteiger partial charge in [-0.05, 0) is 13.8 Å². The molecular formula is C8H14N2O4S. The van der Waals surface area contributed by atoms with Crippen molar-refractivity contribution in [3.8, 4) is 0 Å². The largest absolute Gasteiger partial charge is 0.390 e. The molecule has 0 saturated carbocycles. The molecule has 1 amide bonds. The first kappa shape index (κ1) is 13.9. The minimum Gasteiger partial charge on any atom is -0.390 e. The molecule has 6 nitrogen and oxygen atoms in total. The first-order valence-electron chi connectivity index (χ1n) is 4.29. The van der Waals surface area contributed by atoms with E-state index in [0.717, 1.165) is 0 Å². The predicted molar refractivity (Wildman–Crippen MR) is 56.2 cm³/mol. The van der Waals surface area contributed by atoms with E-state index in [4.69, 9.17) is 5.73 Å². The van der Waals surface area contributed by atoms with Crippen LogP contribution in [0.3, 0.4) is 0 Å². The lowest BCUT2D eigenvalue weighted by atomic mass is 10.3. The van der Waals surface area contributed by atoms with Gasteiger partial charge in [0.15, 0.2) is 0 Å². The smallest absolute Gasteiger partial charge is 0.336 e. The molecule has 0 aliphatic carbocycles. The van der Waals surface area contributed by atoms with E-state index in [9.17, 15) is 14.4 Å². The maximum atomic E-state index is 11.2. The van der Waals surface area contributed by atoms with Crippen LogP contribution in [0.5, 0.6) is 0 Å². The Bertz CT molecular complexity index is 267. The molecule has 0 unspecified atom stereocenters. The standard InChI is InChI=1S/C8H14N2O4S/c1-4(9)7(12)14-8(13)5(2)10-6(11)3-15/h4-5,15H,3,9H2,1-2H3,(H,10,11)/t4-,5-/m0/s1. The highest BCUT2D eigenvalue weighted by Gasteiger charge is 2.21. The van der Waals surface area contributed by atoms with Crippen molar-refractivity contribution in [2.75, 3.05) is 5.75 Å². The van der Waals surface area contributed by atoms with Crippen LogP contribution in [-0.4, -0.2) is 35.7 Å². The summed E-state index contributed by atoms with van der Waals surface area (Å²) in [6.45, 7) is 2.80. The number of carbonyl (C=O) groups is 3. The van der Waals surface area contributed by atoms with Crippen LogP contribution in [0.15, 0.2) is 0 Å². The highest BCUT2D eigenvalue weighted by atomic mass is 32.1. The summed E-state index contributed by atoms with van der Waals surface area (Å²) in [6.07, 6.45) is 0. The second-order valence-electron chi connectivity index (χ2n) is 2.98. The number of nitrogens with one attached hydrogen (secondary N) is 1. The second-order valence-corrected chi connectivity index (χ2v) is 3.29. The third-order valence-corrected chi connectivity index (χ3v) is 1.73. The van der Waals surface area contributed by atoms with E-state index >= 15 is 0 Å². The van der Waals surface area contributed by atoms with Gasteiger partial charge in [0.2, 0.25) is 5.91 Å². The number of ether oxygens (including phenoxy) is 1. The summed E-state index contributed by atoms with van der Waals surface area (Å²) in [5, 5.41) is 2.29. The van der Waals surface area contributed by atoms with E-state index in [1.165, 1.54) is 13.8 Å². The predicted octanol–water partition coefficient (Wildman–Crippen LogP) is -1.16. The molecule has 0 rings (SSSR count). The van der Waals surface area contributed by atoms with Crippen LogP contribution in [0.2, 0.25) is 0 Å². The molecule has 0 aliphatic heterocycles. The minimum absolute atomic E-state index is 0.0428. The molecule has 0 radical (unpaired) electrons. The normalized spacial score (nSPS) is 13.9. The van der Waals surface area contributed by atoms with Gasteiger partial charge < -0.3 is 15.8 Å². The van der Waals surface area contributed by atoms with Gasteiger partial charge in [-0.2, -0.15) is 12.6 Å². The van der Waals surface area contributed by atoms with E-state index in [1.807, 2.05) is 0 Å².